The smallest absolute Gasteiger partial charge is 0.229 e. The predicted octanol–water partition coefficient (Wildman–Crippen LogP) is 6.55. The molecule has 2 aromatic carbocycles. The van der Waals surface area contributed by atoms with Crippen LogP contribution in [-0.2, 0) is 17.5 Å². The van der Waals surface area contributed by atoms with Gasteiger partial charge in [-0.1, -0.05) is 29.8 Å². The molecular weight excluding hydrogens is 477 g/mol. The van der Waals surface area contributed by atoms with Crippen LogP contribution >= 0.6 is 18.7 Å². The van der Waals surface area contributed by atoms with E-state index in [-0.39, 0.29) is 5.66 Å². The molecule has 6 rings (SSSR count). The van der Waals surface area contributed by atoms with Gasteiger partial charge in [-0.05, 0) is 86.0 Å². The van der Waals surface area contributed by atoms with E-state index < -0.39 is 7.14 Å². The molecule has 1 aliphatic carbocycles. The van der Waals surface area contributed by atoms with Crippen LogP contribution in [0.5, 0.6) is 0 Å². The number of hydrogen-bond donors (Lipinski definition) is 1. The van der Waals surface area contributed by atoms with Crippen LogP contribution in [0.3, 0.4) is 0 Å². The quantitative estimate of drug-likeness (QED) is 0.395. The van der Waals surface area contributed by atoms with Crippen LogP contribution in [0.2, 0.25) is 5.02 Å². The lowest BCUT2D eigenvalue weighted by atomic mass is 9.91. The molecule has 3 heterocycles. The lowest BCUT2D eigenvalue weighted by Gasteiger charge is -2.28. The van der Waals surface area contributed by atoms with Crippen molar-refractivity contribution >= 4 is 41.9 Å². The number of benzene rings is 2. The summed E-state index contributed by atoms with van der Waals surface area (Å²) in [5.41, 5.74) is 7.53. The molecule has 3 aliphatic rings. The first kappa shape index (κ1) is 23.0. The Kier molecular flexibility index (Phi) is 5.67. The minimum atomic E-state index is -2.36. The van der Waals surface area contributed by atoms with E-state index in [0.717, 1.165) is 36.4 Å². The van der Waals surface area contributed by atoms with Gasteiger partial charge in [-0.3, -0.25) is 0 Å². The highest BCUT2D eigenvalue weighted by atomic mass is 35.5. The highest BCUT2D eigenvalue weighted by molar-refractivity contribution is 7.62. The molecule has 1 aromatic heterocycles. The molecule has 1 unspecified atom stereocenters. The molecule has 8 heteroatoms. The Morgan fingerprint density at radius 2 is 1.94 bits per heavy atom. The van der Waals surface area contributed by atoms with Crippen LogP contribution in [0.15, 0.2) is 42.6 Å². The van der Waals surface area contributed by atoms with E-state index in [1.165, 1.54) is 29.5 Å². The number of hydrogen-bond acceptors (Lipinski definition) is 6. The average molecular weight is 508 g/mol. The maximum absolute atomic E-state index is 13.1. The van der Waals surface area contributed by atoms with Gasteiger partial charge in [0, 0.05) is 31.0 Å². The summed E-state index contributed by atoms with van der Waals surface area (Å²) in [4.78, 5) is 13.8. The van der Waals surface area contributed by atoms with Crippen molar-refractivity contribution in [2.45, 2.75) is 37.4 Å². The largest absolute Gasteiger partial charge is 0.324 e. The van der Waals surface area contributed by atoms with E-state index in [9.17, 15) is 4.57 Å². The molecule has 182 valence electrons. The Hall–Kier alpha value is -2.40. The molecular formula is C27H31ClN5OP. The van der Waals surface area contributed by atoms with Gasteiger partial charge in [0.2, 0.25) is 5.95 Å². The number of rotatable bonds is 5. The molecule has 3 aromatic rings. The third-order valence-electron chi connectivity index (χ3n) is 7.51. The van der Waals surface area contributed by atoms with Crippen molar-refractivity contribution in [1.82, 2.24) is 14.9 Å². The molecule has 1 fully saturated rings. The number of anilines is 4. The Morgan fingerprint density at radius 3 is 2.71 bits per heavy atom. The first-order valence-corrected chi connectivity index (χ1v) is 15.4. The number of nitrogens with one attached hydrogen (secondary N) is 1. The third-order valence-corrected chi connectivity index (χ3v) is 9.72. The standard InChI is InChI=1S/C27H31ClN5OP/c1-32-11-10-20-18(15-32)12-19(13-22(20)17-8-9-17)30-27-29-14-23(28)26(31-27)33-16-25(35(2,3)34)21-6-4-5-7-24(21)33/h4-7,12-14,17,25H,8-11,15-16H2,1-3H3,(H,29,30,31). The summed E-state index contributed by atoms with van der Waals surface area (Å²) in [5, 5.41) is 3.95. The zero-order valence-corrected chi connectivity index (χ0v) is 22.1. The van der Waals surface area contributed by atoms with Crippen molar-refractivity contribution in [2.24, 2.45) is 0 Å². The van der Waals surface area contributed by atoms with Gasteiger partial charge in [0.25, 0.3) is 0 Å². The second-order valence-corrected chi connectivity index (χ2v) is 14.5. The zero-order valence-electron chi connectivity index (χ0n) is 20.5. The number of halogens is 1. The molecule has 0 spiro atoms. The molecule has 0 saturated heterocycles. The maximum Gasteiger partial charge on any atom is 0.229 e. The van der Waals surface area contributed by atoms with Crippen LogP contribution in [-0.4, -0.2) is 48.3 Å². The van der Waals surface area contributed by atoms with Crippen molar-refractivity contribution in [1.29, 1.82) is 0 Å². The third kappa shape index (κ3) is 4.37. The van der Waals surface area contributed by atoms with E-state index in [2.05, 4.69) is 51.4 Å². The number of aromatic nitrogens is 2. The number of fused-ring (bicyclic) bond motifs is 2. The normalized spacial score (nSPS) is 20.0. The van der Waals surface area contributed by atoms with E-state index in [1.54, 1.807) is 6.20 Å². The predicted molar refractivity (Wildman–Crippen MR) is 144 cm³/mol. The average Bonchev–Trinajstić information content (AvgIpc) is 3.59. The lowest BCUT2D eigenvalue weighted by molar-refractivity contribution is 0.312. The van der Waals surface area contributed by atoms with E-state index >= 15 is 0 Å². The van der Waals surface area contributed by atoms with Gasteiger partial charge in [-0.2, -0.15) is 4.98 Å². The number of likely N-dealkylation sites (N-methyl/N-ethyl adjacent to an activating group) is 1. The fourth-order valence-electron chi connectivity index (χ4n) is 5.56. The molecule has 1 saturated carbocycles. The molecule has 0 radical (unpaired) electrons. The van der Waals surface area contributed by atoms with Gasteiger partial charge in [-0.15, -0.1) is 0 Å². The van der Waals surface area contributed by atoms with Gasteiger partial charge >= 0.3 is 0 Å². The Balaban J connectivity index is 1.35. The molecule has 0 amide bonds. The molecule has 6 nitrogen and oxygen atoms in total. The summed E-state index contributed by atoms with van der Waals surface area (Å²) >= 11 is 6.62. The summed E-state index contributed by atoms with van der Waals surface area (Å²) in [5.74, 6) is 1.85. The van der Waals surface area contributed by atoms with Crippen LogP contribution in [0.4, 0.5) is 23.1 Å². The van der Waals surface area contributed by atoms with Gasteiger partial charge < -0.3 is 19.7 Å². The van der Waals surface area contributed by atoms with Gasteiger partial charge in [-0.25, -0.2) is 4.98 Å². The SMILES string of the molecule is CN1CCc2c(cc(Nc3ncc(Cl)c(N4CC(P(C)(C)=O)c5ccccc54)n3)cc2C2CC2)C1. The minimum Gasteiger partial charge on any atom is -0.324 e. The van der Waals surface area contributed by atoms with Crippen LogP contribution < -0.4 is 10.2 Å². The Bertz CT molecular complexity index is 1350. The summed E-state index contributed by atoms with van der Waals surface area (Å²) in [7, 11) is -0.177. The molecule has 2 aliphatic heterocycles. The van der Waals surface area contributed by atoms with Crippen LogP contribution in [0.1, 0.15) is 46.7 Å². The topological polar surface area (TPSA) is 61.4 Å². The molecule has 1 atom stereocenters. The highest BCUT2D eigenvalue weighted by Crippen LogP contribution is 2.59. The first-order chi connectivity index (χ1) is 16.8. The van der Waals surface area contributed by atoms with Crippen molar-refractivity contribution in [3.8, 4) is 0 Å². The van der Waals surface area contributed by atoms with Crippen molar-refractivity contribution in [3.05, 3.63) is 69.9 Å². The highest BCUT2D eigenvalue weighted by Gasteiger charge is 2.37. The number of para-hydroxylation sites is 1. The van der Waals surface area contributed by atoms with Gasteiger partial charge in [0.15, 0.2) is 5.82 Å². The molecule has 1 N–H and O–H groups in total. The molecule has 35 heavy (non-hydrogen) atoms. The second kappa shape index (κ2) is 8.62. The lowest BCUT2D eigenvalue weighted by Crippen LogP contribution is -2.27. The van der Waals surface area contributed by atoms with E-state index in [4.69, 9.17) is 16.6 Å². The van der Waals surface area contributed by atoms with E-state index in [1.807, 2.05) is 25.5 Å². The summed E-state index contributed by atoms with van der Waals surface area (Å²) in [6.45, 7) is 6.40. The monoisotopic (exact) mass is 507 g/mol. The van der Waals surface area contributed by atoms with E-state index in [0.29, 0.717) is 29.3 Å². The van der Waals surface area contributed by atoms with Crippen LogP contribution in [0, 0.1) is 0 Å². The van der Waals surface area contributed by atoms with Crippen molar-refractivity contribution in [2.75, 3.05) is 43.7 Å². The van der Waals surface area contributed by atoms with Crippen molar-refractivity contribution < 1.29 is 4.57 Å². The van der Waals surface area contributed by atoms with Gasteiger partial charge in [0.1, 0.15) is 5.02 Å². The van der Waals surface area contributed by atoms with Crippen LogP contribution in [0.25, 0.3) is 0 Å². The van der Waals surface area contributed by atoms with Crippen molar-refractivity contribution in [3.63, 3.8) is 0 Å². The fourth-order valence-corrected chi connectivity index (χ4v) is 7.20. The van der Waals surface area contributed by atoms with Gasteiger partial charge in [0.05, 0.1) is 19.0 Å². The summed E-state index contributed by atoms with van der Waals surface area (Å²) < 4.78 is 13.1. The fraction of sp³-hybridized carbons (Fsp3) is 0.407. The summed E-state index contributed by atoms with van der Waals surface area (Å²) in [6.07, 6.45) is 5.34. The molecule has 0 bridgehead atoms. The second-order valence-electron chi connectivity index (χ2n) is 10.6. The minimum absolute atomic E-state index is 0.0418. The zero-order chi connectivity index (χ0) is 24.3. The Morgan fingerprint density at radius 1 is 1.14 bits per heavy atom. The first-order valence-electron chi connectivity index (χ1n) is 12.3. The number of nitrogens with zero attached hydrogens (tertiary/aromatic N) is 4. The summed E-state index contributed by atoms with van der Waals surface area (Å²) in [6, 6.07) is 12.7. The maximum atomic E-state index is 13.1. The Labute approximate surface area is 212 Å².